The third kappa shape index (κ3) is 3.37. The molecule has 0 aliphatic rings. The van der Waals surface area contributed by atoms with Crippen molar-refractivity contribution < 1.29 is 14.1 Å². The van der Waals surface area contributed by atoms with Crippen molar-refractivity contribution in [3.05, 3.63) is 67.4 Å². The second-order valence-corrected chi connectivity index (χ2v) is 5.21. The largest absolute Gasteiger partial charge is 0.322 e. The summed E-state index contributed by atoms with van der Waals surface area (Å²) in [7, 11) is 0. The lowest BCUT2D eigenvalue weighted by molar-refractivity contribution is -0.384. The summed E-state index contributed by atoms with van der Waals surface area (Å²) in [5.74, 6) is -1.21. The highest BCUT2D eigenvalue weighted by Gasteiger charge is 2.20. The smallest absolute Gasteiger partial charge is 0.288 e. The number of carbonyl (C=O) groups is 1. The summed E-state index contributed by atoms with van der Waals surface area (Å²) in [5, 5.41) is 12.9. The molecule has 108 valence electrons. The number of hydrogen-bond donors (Lipinski definition) is 1. The summed E-state index contributed by atoms with van der Waals surface area (Å²) in [6, 6.07) is 7.92. The van der Waals surface area contributed by atoms with Gasteiger partial charge < -0.3 is 5.32 Å². The number of hydrogen-bond acceptors (Lipinski definition) is 3. The molecule has 0 aromatic heterocycles. The Kier molecular flexibility index (Phi) is 4.54. The highest BCUT2D eigenvalue weighted by atomic mass is 79.9. The Hall–Kier alpha value is -1.99. The molecule has 0 heterocycles. The van der Waals surface area contributed by atoms with E-state index in [2.05, 4.69) is 21.2 Å². The van der Waals surface area contributed by atoms with Crippen LogP contribution in [0.3, 0.4) is 0 Å². The molecule has 1 amide bonds. The summed E-state index contributed by atoms with van der Waals surface area (Å²) >= 11 is 8.83. The number of rotatable bonds is 3. The number of benzene rings is 2. The first kappa shape index (κ1) is 15.4. The van der Waals surface area contributed by atoms with Gasteiger partial charge in [0, 0.05) is 11.8 Å². The summed E-state index contributed by atoms with van der Waals surface area (Å²) in [6.07, 6.45) is 0. The molecule has 21 heavy (non-hydrogen) atoms. The molecule has 0 fully saturated rings. The second-order valence-electron chi connectivity index (χ2n) is 3.98. The number of nitro benzene ring substituents is 1. The van der Waals surface area contributed by atoms with Gasteiger partial charge in [-0.2, -0.15) is 0 Å². The van der Waals surface area contributed by atoms with Crippen LogP contribution in [-0.4, -0.2) is 10.8 Å². The Bertz CT molecular complexity index is 739. The highest BCUT2D eigenvalue weighted by Crippen LogP contribution is 2.28. The molecule has 8 heteroatoms. The predicted octanol–water partition coefficient (Wildman–Crippen LogP) is 4.40. The zero-order chi connectivity index (χ0) is 15.6. The van der Waals surface area contributed by atoms with Gasteiger partial charge in [0.05, 0.1) is 15.0 Å². The fraction of sp³-hybridized carbons (Fsp3) is 0. The summed E-state index contributed by atoms with van der Waals surface area (Å²) in [5.41, 5.74) is -0.219. The molecule has 0 aliphatic heterocycles. The molecular weight excluding hydrogens is 367 g/mol. The summed E-state index contributed by atoms with van der Waals surface area (Å²) in [4.78, 5) is 22.1. The van der Waals surface area contributed by atoms with Crippen molar-refractivity contribution in [1.29, 1.82) is 0 Å². The average molecular weight is 374 g/mol. The molecule has 5 nitrogen and oxygen atoms in total. The van der Waals surface area contributed by atoms with E-state index in [-0.39, 0.29) is 26.4 Å². The van der Waals surface area contributed by atoms with Crippen LogP contribution >= 0.6 is 27.5 Å². The van der Waals surface area contributed by atoms with E-state index in [1.807, 2.05) is 0 Å². The molecule has 2 aromatic rings. The third-order valence-electron chi connectivity index (χ3n) is 2.60. The minimum Gasteiger partial charge on any atom is -0.322 e. The van der Waals surface area contributed by atoms with Gasteiger partial charge >= 0.3 is 0 Å². The van der Waals surface area contributed by atoms with Gasteiger partial charge in [-0.1, -0.05) is 17.7 Å². The van der Waals surface area contributed by atoms with Gasteiger partial charge in [-0.25, -0.2) is 4.39 Å². The number of nitrogens with zero attached hydrogens (tertiary/aromatic N) is 1. The van der Waals surface area contributed by atoms with Crippen molar-refractivity contribution in [1.82, 2.24) is 0 Å². The lowest BCUT2D eigenvalue weighted by Gasteiger charge is -2.07. The first-order valence-corrected chi connectivity index (χ1v) is 6.76. The van der Waals surface area contributed by atoms with Gasteiger partial charge in [0.15, 0.2) is 0 Å². The van der Waals surface area contributed by atoms with Crippen LogP contribution < -0.4 is 5.32 Å². The highest BCUT2D eigenvalue weighted by molar-refractivity contribution is 9.10. The first-order valence-electron chi connectivity index (χ1n) is 5.59. The zero-order valence-corrected chi connectivity index (χ0v) is 12.6. The van der Waals surface area contributed by atoms with Crippen LogP contribution in [0.25, 0.3) is 0 Å². The van der Waals surface area contributed by atoms with E-state index in [1.165, 1.54) is 30.3 Å². The van der Waals surface area contributed by atoms with Crippen LogP contribution in [0, 0.1) is 15.9 Å². The molecule has 0 radical (unpaired) electrons. The number of nitrogens with one attached hydrogen (secondary N) is 1. The molecule has 0 bridgehead atoms. The van der Waals surface area contributed by atoms with E-state index < -0.39 is 16.6 Å². The first-order chi connectivity index (χ1) is 9.90. The van der Waals surface area contributed by atoms with Gasteiger partial charge in [-0.15, -0.1) is 0 Å². The van der Waals surface area contributed by atoms with Crippen LogP contribution in [-0.2, 0) is 0 Å². The van der Waals surface area contributed by atoms with Gasteiger partial charge in [0.25, 0.3) is 11.6 Å². The topological polar surface area (TPSA) is 72.2 Å². The fourth-order valence-electron chi connectivity index (χ4n) is 1.61. The van der Waals surface area contributed by atoms with Gasteiger partial charge in [0.1, 0.15) is 10.8 Å². The molecule has 0 saturated heterocycles. The average Bonchev–Trinajstić information content (AvgIpc) is 2.42. The van der Waals surface area contributed by atoms with E-state index in [9.17, 15) is 19.3 Å². The Morgan fingerprint density at radius 1 is 1.33 bits per heavy atom. The molecule has 0 atom stereocenters. The molecule has 0 aliphatic carbocycles. The van der Waals surface area contributed by atoms with E-state index in [0.29, 0.717) is 0 Å². The lowest BCUT2D eigenvalue weighted by Crippen LogP contribution is -2.13. The third-order valence-corrected chi connectivity index (χ3v) is 3.64. The van der Waals surface area contributed by atoms with Crippen LogP contribution in [0.5, 0.6) is 0 Å². The van der Waals surface area contributed by atoms with E-state index in [4.69, 9.17) is 11.6 Å². The summed E-state index contributed by atoms with van der Waals surface area (Å²) in [6.45, 7) is 0. The molecule has 2 aromatic carbocycles. The van der Waals surface area contributed by atoms with Gasteiger partial charge in [-0.3, -0.25) is 14.9 Å². The lowest BCUT2D eigenvalue weighted by atomic mass is 10.2. The maximum atomic E-state index is 13.4. The standard InChI is InChI=1S/C13H7BrClFN2O3/c14-9-5-4-7(6-10(9)16)17-13(19)8-2-1-3-11(12(8)15)18(20)21/h1-6H,(H,17,19). The van der Waals surface area contributed by atoms with Crippen LogP contribution in [0.4, 0.5) is 15.8 Å². The van der Waals surface area contributed by atoms with Crippen molar-refractivity contribution in [2.45, 2.75) is 0 Å². The summed E-state index contributed by atoms with van der Waals surface area (Å²) < 4.78 is 13.6. The van der Waals surface area contributed by atoms with Crippen molar-refractivity contribution >= 4 is 44.8 Å². The minimum atomic E-state index is -0.682. The van der Waals surface area contributed by atoms with Crippen LogP contribution in [0.2, 0.25) is 5.02 Å². The molecule has 0 unspecified atom stereocenters. The van der Waals surface area contributed by atoms with E-state index in [1.54, 1.807) is 0 Å². The Balaban J connectivity index is 2.30. The van der Waals surface area contributed by atoms with E-state index >= 15 is 0 Å². The fourth-order valence-corrected chi connectivity index (χ4v) is 2.14. The quantitative estimate of drug-likeness (QED) is 0.640. The van der Waals surface area contributed by atoms with Crippen LogP contribution in [0.15, 0.2) is 40.9 Å². The Morgan fingerprint density at radius 2 is 2.05 bits per heavy atom. The Morgan fingerprint density at radius 3 is 2.67 bits per heavy atom. The predicted molar refractivity (Wildman–Crippen MR) is 80.2 cm³/mol. The van der Waals surface area contributed by atoms with Crippen molar-refractivity contribution in [2.75, 3.05) is 5.32 Å². The maximum absolute atomic E-state index is 13.4. The number of anilines is 1. The molecule has 0 saturated carbocycles. The van der Waals surface area contributed by atoms with Crippen LogP contribution in [0.1, 0.15) is 10.4 Å². The number of halogens is 3. The van der Waals surface area contributed by atoms with Crippen molar-refractivity contribution in [2.24, 2.45) is 0 Å². The molecule has 0 spiro atoms. The zero-order valence-electron chi connectivity index (χ0n) is 10.3. The molecule has 2 rings (SSSR count). The van der Waals surface area contributed by atoms with Gasteiger partial charge in [-0.05, 0) is 40.2 Å². The van der Waals surface area contributed by atoms with Gasteiger partial charge in [0.2, 0.25) is 0 Å². The number of amides is 1. The second kappa shape index (κ2) is 6.19. The number of nitro groups is 1. The molecule has 1 N–H and O–H groups in total. The minimum absolute atomic E-state index is 0.0609. The molecular formula is C13H7BrClFN2O3. The monoisotopic (exact) mass is 372 g/mol. The van der Waals surface area contributed by atoms with Crippen molar-refractivity contribution in [3.8, 4) is 0 Å². The SMILES string of the molecule is O=C(Nc1ccc(Br)c(F)c1)c1cccc([N+](=O)[O-])c1Cl. The Labute approximate surface area is 132 Å². The maximum Gasteiger partial charge on any atom is 0.288 e. The normalized spacial score (nSPS) is 10.2. The number of carbonyl (C=O) groups excluding carboxylic acids is 1. The van der Waals surface area contributed by atoms with Crippen molar-refractivity contribution in [3.63, 3.8) is 0 Å². The van der Waals surface area contributed by atoms with E-state index in [0.717, 1.165) is 6.07 Å².